The first-order valence-electron chi connectivity index (χ1n) is 20.0. The zero-order chi connectivity index (χ0) is 52.4. The van der Waals surface area contributed by atoms with E-state index < -0.39 is 141 Å². The molecule has 0 aliphatic heterocycles. The number of benzene rings is 6. The zero-order valence-corrected chi connectivity index (χ0v) is 35.9. The molecule has 0 atom stereocenters. The summed E-state index contributed by atoms with van der Waals surface area (Å²) in [5.74, 6) is -2.75. The molecule has 0 bridgehead atoms. The Hall–Kier alpha value is -6.58. The minimum Gasteiger partial charge on any atom is -0.507 e. The van der Waals surface area contributed by atoms with Crippen molar-refractivity contribution in [1.29, 1.82) is 0 Å². The minimum absolute atomic E-state index is 0.116. The highest BCUT2D eigenvalue weighted by molar-refractivity contribution is 5.76. The average Bonchev–Trinajstić information content (AvgIpc) is 3.21. The van der Waals surface area contributed by atoms with Crippen molar-refractivity contribution < 1.29 is 94.3 Å². The number of nitrogens with zero attached hydrogens (tertiary/aromatic N) is 1. The van der Waals surface area contributed by atoms with Crippen LogP contribution in [0.5, 0.6) is 17.2 Å². The van der Waals surface area contributed by atoms with Crippen LogP contribution in [-0.4, -0.2) is 20.2 Å². The quantitative estimate of drug-likeness (QED) is 0.126. The van der Waals surface area contributed by atoms with E-state index in [0.717, 1.165) is 18.2 Å². The number of hydrogen-bond acceptors (Lipinski definition) is 4. The smallest absolute Gasteiger partial charge is 0.416 e. The molecule has 4 nitrogen and oxygen atoms in total. The van der Waals surface area contributed by atoms with E-state index in [1.165, 1.54) is 43.9 Å². The second-order valence-corrected chi connectivity index (χ2v) is 16.5. The van der Waals surface area contributed by atoms with Gasteiger partial charge in [-0.2, -0.15) is 79.0 Å². The molecular formula is C48H33F18NO3. The molecule has 0 aromatic heterocycles. The van der Waals surface area contributed by atoms with E-state index in [4.69, 9.17) is 0 Å². The molecule has 0 saturated heterocycles. The van der Waals surface area contributed by atoms with Crippen LogP contribution in [0.2, 0.25) is 0 Å². The Morgan fingerprint density at radius 1 is 0.300 bits per heavy atom. The van der Waals surface area contributed by atoms with Crippen LogP contribution in [0, 0.1) is 20.8 Å². The Balaban J connectivity index is 1.56. The van der Waals surface area contributed by atoms with Crippen molar-refractivity contribution in [3.05, 3.63) is 158 Å². The SMILES string of the molecule is Cc1cc(CN(Cc2cc(C)cc(-c3cc(C(F)(F)F)cc(C(F)(F)F)c3)c2O)Cc2cc(C)cc(-c3cc(C(F)(F)F)cc(C(F)(F)F)c3)c2O)c(O)c(-c2cc(C(F)(F)F)cc(C(F)(F)F)c2)c1. The molecule has 0 radical (unpaired) electrons. The Morgan fingerprint density at radius 2 is 0.486 bits per heavy atom. The molecule has 70 heavy (non-hydrogen) atoms. The van der Waals surface area contributed by atoms with Gasteiger partial charge in [0.2, 0.25) is 0 Å². The van der Waals surface area contributed by atoms with Crippen LogP contribution >= 0.6 is 0 Å². The van der Waals surface area contributed by atoms with Crippen LogP contribution in [-0.2, 0) is 56.7 Å². The highest BCUT2D eigenvalue weighted by Gasteiger charge is 2.40. The molecule has 6 rings (SSSR count). The summed E-state index contributed by atoms with van der Waals surface area (Å²) in [6.07, 6.45) is -31.9. The Morgan fingerprint density at radius 3 is 0.657 bits per heavy atom. The van der Waals surface area contributed by atoms with Gasteiger partial charge in [0.05, 0.1) is 33.4 Å². The molecule has 0 amide bonds. The second-order valence-electron chi connectivity index (χ2n) is 16.5. The lowest BCUT2D eigenvalue weighted by Crippen LogP contribution is -2.23. The van der Waals surface area contributed by atoms with Gasteiger partial charge >= 0.3 is 37.1 Å². The molecule has 0 heterocycles. The number of halogens is 18. The highest BCUT2D eigenvalue weighted by Crippen LogP contribution is 2.46. The second kappa shape index (κ2) is 18.3. The van der Waals surface area contributed by atoms with E-state index in [2.05, 4.69) is 0 Å². The van der Waals surface area contributed by atoms with Gasteiger partial charge in [-0.05, 0) is 127 Å². The first-order chi connectivity index (χ1) is 31.9. The van der Waals surface area contributed by atoms with Crippen LogP contribution in [0.3, 0.4) is 0 Å². The van der Waals surface area contributed by atoms with Gasteiger partial charge in [-0.1, -0.05) is 18.2 Å². The van der Waals surface area contributed by atoms with Gasteiger partial charge in [0.15, 0.2) is 0 Å². The van der Waals surface area contributed by atoms with Crippen LogP contribution in [0.25, 0.3) is 33.4 Å². The van der Waals surface area contributed by atoms with Gasteiger partial charge in [-0.15, -0.1) is 0 Å². The summed E-state index contributed by atoms with van der Waals surface area (Å²) in [6.45, 7) is 1.96. The number of alkyl halides is 18. The summed E-state index contributed by atoms with van der Waals surface area (Å²) in [4.78, 5) is 1.18. The van der Waals surface area contributed by atoms with Crippen molar-refractivity contribution in [1.82, 2.24) is 4.90 Å². The van der Waals surface area contributed by atoms with Crippen molar-refractivity contribution in [2.45, 2.75) is 77.5 Å². The average molecular weight is 1010 g/mol. The van der Waals surface area contributed by atoms with Gasteiger partial charge in [-0.3, -0.25) is 4.90 Å². The van der Waals surface area contributed by atoms with Crippen LogP contribution in [0.1, 0.15) is 66.8 Å². The van der Waals surface area contributed by atoms with Gasteiger partial charge in [0, 0.05) is 53.0 Å². The van der Waals surface area contributed by atoms with Gasteiger partial charge < -0.3 is 15.3 Å². The number of phenolic OH excluding ortho intramolecular Hbond substituents is 3. The minimum atomic E-state index is -5.32. The number of aryl methyl sites for hydroxylation is 3. The lowest BCUT2D eigenvalue weighted by atomic mass is 9.93. The van der Waals surface area contributed by atoms with Crippen molar-refractivity contribution >= 4 is 0 Å². The predicted octanol–water partition coefficient (Wildman–Crippen LogP) is 16.0. The summed E-state index contributed by atoms with van der Waals surface area (Å²) in [6, 6.07) is 8.32. The topological polar surface area (TPSA) is 63.9 Å². The van der Waals surface area contributed by atoms with Crippen LogP contribution < -0.4 is 0 Å². The van der Waals surface area contributed by atoms with Crippen molar-refractivity contribution in [2.24, 2.45) is 0 Å². The standard InChI is InChI=1S/C48H33F18NO3/c1-22-4-28(40(68)37(7-22)25-10-31(43(49,50)51)16-32(11-25)44(52,53)54)19-67(20-29-5-23(2)8-38(41(29)69)26-12-33(45(55,56)57)17-34(13-26)46(58,59)60)21-30-6-24(3)9-39(42(30)70)27-14-35(47(61,62)63)18-36(15-27)48(64,65)66/h4-18,68-70H,19-21H2,1-3H3. The van der Waals surface area contributed by atoms with E-state index in [1.807, 2.05) is 0 Å². The molecule has 0 spiro atoms. The molecule has 6 aromatic carbocycles. The Kier molecular flexibility index (Phi) is 13.8. The molecule has 0 aliphatic rings. The monoisotopic (exact) mass is 1010 g/mol. The first-order valence-corrected chi connectivity index (χ1v) is 20.0. The number of aromatic hydroxyl groups is 3. The summed E-state index contributed by atoms with van der Waals surface area (Å²) in [5.41, 5.74) is -15.0. The molecular weight excluding hydrogens is 980 g/mol. The zero-order valence-electron chi connectivity index (χ0n) is 35.9. The first kappa shape index (κ1) is 52.8. The molecule has 22 heteroatoms. The van der Waals surface area contributed by atoms with Crippen molar-refractivity contribution in [3.8, 4) is 50.6 Å². The fraction of sp³-hybridized carbons (Fsp3) is 0.250. The highest BCUT2D eigenvalue weighted by atomic mass is 19.4. The van der Waals surface area contributed by atoms with E-state index >= 15 is 0 Å². The fourth-order valence-corrected chi connectivity index (χ4v) is 7.80. The normalized spacial score (nSPS) is 13.1. The van der Waals surface area contributed by atoms with Crippen molar-refractivity contribution in [2.75, 3.05) is 0 Å². The van der Waals surface area contributed by atoms with E-state index in [0.29, 0.717) is 36.4 Å². The van der Waals surface area contributed by atoms with E-state index in [1.54, 1.807) is 0 Å². The molecule has 0 fully saturated rings. The molecule has 0 aliphatic carbocycles. The molecule has 0 unspecified atom stereocenters. The molecule has 6 aromatic rings. The number of phenols is 3. The fourth-order valence-electron chi connectivity index (χ4n) is 7.80. The van der Waals surface area contributed by atoms with Crippen LogP contribution in [0.15, 0.2) is 91.0 Å². The van der Waals surface area contributed by atoms with Gasteiger partial charge in [0.25, 0.3) is 0 Å². The summed E-state index contributed by atoms with van der Waals surface area (Å²) in [5, 5.41) is 34.9. The van der Waals surface area contributed by atoms with E-state index in [9.17, 15) is 94.3 Å². The summed E-state index contributed by atoms with van der Waals surface area (Å²) >= 11 is 0. The summed E-state index contributed by atoms with van der Waals surface area (Å²) < 4.78 is 250. The maximum atomic E-state index is 13.9. The maximum Gasteiger partial charge on any atom is 0.416 e. The number of rotatable bonds is 9. The summed E-state index contributed by atoms with van der Waals surface area (Å²) in [7, 11) is 0. The lowest BCUT2D eigenvalue weighted by molar-refractivity contribution is -0.144. The largest absolute Gasteiger partial charge is 0.507 e. The molecule has 3 N–H and O–H groups in total. The third-order valence-electron chi connectivity index (χ3n) is 10.9. The van der Waals surface area contributed by atoms with Gasteiger partial charge in [0.1, 0.15) is 17.2 Å². The third-order valence-corrected chi connectivity index (χ3v) is 10.9. The molecule has 0 saturated carbocycles. The number of hydrogen-bond donors (Lipinski definition) is 3. The van der Waals surface area contributed by atoms with Crippen molar-refractivity contribution in [3.63, 3.8) is 0 Å². The molecule has 374 valence electrons. The maximum absolute atomic E-state index is 13.9. The Labute approximate surface area is 384 Å². The van der Waals surface area contributed by atoms with Crippen LogP contribution in [0.4, 0.5) is 79.0 Å². The Bertz CT molecular complexity index is 2550. The lowest BCUT2D eigenvalue weighted by Gasteiger charge is -2.26. The van der Waals surface area contributed by atoms with Gasteiger partial charge in [-0.25, -0.2) is 0 Å². The van der Waals surface area contributed by atoms with E-state index in [-0.39, 0.29) is 51.6 Å². The predicted molar refractivity (Wildman–Crippen MR) is 218 cm³/mol. The third kappa shape index (κ3) is 11.9.